The zero-order chi connectivity index (χ0) is 11.5. The Kier molecular flexibility index (Phi) is 2.80. The molecule has 1 aliphatic rings. The molecule has 0 bridgehead atoms. The number of imidazole rings is 1. The van der Waals surface area contributed by atoms with Crippen LogP contribution in [0.3, 0.4) is 0 Å². The van der Waals surface area contributed by atoms with Gasteiger partial charge < -0.3 is 15.0 Å². The van der Waals surface area contributed by atoms with E-state index in [0.717, 1.165) is 31.1 Å². The molecule has 0 radical (unpaired) electrons. The van der Waals surface area contributed by atoms with Gasteiger partial charge in [0, 0.05) is 25.4 Å². The number of rotatable bonds is 4. The standard InChI is InChI=1S/C13H15N3O/c1-2-4-12-10(3-1)7-11(17-12)8-14-9-13-15-5-6-16-13/h1-6,11,14H,7-9H2,(H,15,16). The number of H-pyrrole nitrogens is 1. The van der Waals surface area contributed by atoms with Gasteiger partial charge in [-0.1, -0.05) is 18.2 Å². The van der Waals surface area contributed by atoms with Crippen molar-refractivity contribution in [1.82, 2.24) is 15.3 Å². The lowest BCUT2D eigenvalue weighted by molar-refractivity contribution is 0.227. The first-order valence-corrected chi connectivity index (χ1v) is 5.85. The van der Waals surface area contributed by atoms with E-state index >= 15 is 0 Å². The summed E-state index contributed by atoms with van der Waals surface area (Å²) in [4.78, 5) is 7.23. The van der Waals surface area contributed by atoms with Gasteiger partial charge in [-0.3, -0.25) is 0 Å². The van der Waals surface area contributed by atoms with Gasteiger partial charge in [-0.25, -0.2) is 4.98 Å². The first-order valence-electron chi connectivity index (χ1n) is 5.85. The van der Waals surface area contributed by atoms with E-state index in [2.05, 4.69) is 27.4 Å². The lowest BCUT2D eigenvalue weighted by Gasteiger charge is -2.10. The molecule has 2 N–H and O–H groups in total. The normalized spacial score (nSPS) is 17.8. The van der Waals surface area contributed by atoms with Crippen molar-refractivity contribution >= 4 is 0 Å². The van der Waals surface area contributed by atoms with Crippen LogP contribution in [-0.4, -0.2) is 22.6 Å². The van der Waals surface area contributed by atoms with Crippen molar-refractivity contribution < 1.29 is 4.74 Å². The summed E-state index contributed by atoms with van der Waals surface area (Å²) in [6.07, 6.45) is 4.82. The number of nitrogens with one attached hydrogen (secondary N) is 2. The molecule has 0 aliphatic carbocycles. The number of aromatic amines is 1. The van der Waals surface area contributed by atoms with E-state index in [1.807, 2.05) is 18.3 Å². The molecule has 88 valence electrons. The molecule has 0 saturated carbocycles. The summed E-state index contributed by atoms with van der Waals surface area (Å²) in [5, 5.41) is 3.35. The Morgan fingerprint density at radius 3 is 3.18 bits per heavy atom. The minimum absolute atomic E-state index is 0.238. The molecular formula is C13H15N3O. The number of fused-ring (bicyclic) bond motifs is 1. The fraction of sp³-hybridized carbons (Fsp3) is 0.308. The van der Waals surface area contributed by atoms with Crippen LogP contribution in [0.5, 0.6) is 5.75 Å². The molecule has 0 amide bonds. The predicted octanol–water partition coefficient (Wildman–Crippen LogP) is 1.50. The quantitative estimate of drug-likeness (QED) is 0.835. The molecule has 1 unspecified atom stereocenters. The van der Waals surface area contributed by atoms with E-state index in [-0.39, 0.29) is 6.10 Å². The molecular weight excluding hydrogens is 214 g/mol. The van der Waals surface area contributed by atoms with Crippen molar-refractivity contribution in [2.45, 2.75) is 19.1 Å². The molecule has 4 nitrogen and oxygen atoms in total. The van der Waals surface area contributed by atoms with Crippen molar-refractivity contribution in [3.8, 4) is 5.75 Å². The van der Waals surface area contributed by atoms with Crippen molar-refractivity contribution in [3.05, 3.63) is 48.0 Å². The van der Waals surface area contributed by atoms with Gasteiger partial charge in [0.2, 0.25) is 0 Å². The van der Waals surface area contributed by atoms with E-state index in [0.29, 0.717) is 0 Å². The first kappa shape index (κ1) is 10.4. The second-order valence-corrected chi connectivity index (χ2v) is 4.22. The molecule has 3 rings (SSSR count). The Bertz CT molecular complexity index is 456. The van der Waals surface area contributed by atoms with Crippen LogP contribution in [0.1, 0.15) is 11.4 Å². The number of para-hydroxylation sites is 1. The van der Waals surface area contributed by atoms with Crippen LogP contribution in [0.25, 0.3) is 0 Å². The van der Waals surface area contributed by atoms with Gasteiger partial charge in [0.05, 0.1) is 6.54 Å². The van der Waals surface area contributed by atoms with Crippen LogP contribution >= 0.6 is 0 Å². The summed E-state index contributed by atoms with van der Waals surface area (Å²) in [6.45, 7) is 1.60. The molecule has 4 heteroatoms. The number of aromatic nitrogens is 2. The Balaban J connectivity index is 1.49. The van der Waals surface area contributed by atoms with Crippen LogP contribution in [-0.2, 0) is 13.0 Å². The Labute approximate surface area is 100 Å². The van der Waals surface area contributed by atoms with Crippen LogP contribution in [0.2, 0.25) is 0 Å². The number of nitrogens with zero attached hydrogens (tertiary/aromatic N) is 1. The summed E-state index contributed by atoms with van der Waals surface area (Å²) in [6, 6.07) is 8.22. The van der Waals surface area contributed by atoms with E-state index < -0.39 is 0 Å². The third-order valence-electron chi connectivity index (χ3n) is 2.93. The second-order valence-electron chi connectivity index (χ2n) is 4.22. The maximum Gasteiger partial charge on any atom is 0.123 e. The number of ether oxygens (including phenoxy) is 1. The molecule has 0 fully saturated rings. The molecule has 0 saturated heterocycles. The van der Waals surface area contributed by atoms with Gasteiger partial charge in [-0.2, -0.15) is 0 Å². The summed E-state index contributed by atoms with van der Waals surface area (Å²) in [5.74, 6) is 1.98. The van der Waals surface area contributed by atoms with Gasteiger partial charge in [-0.05, 0) is 11.6 Å². The predicted molar refractivity (Wildman–Crippen MR) is 64.9 cm³/mol. The van der Waals surface area contributed by atoms with Gasteiger partial charge in [0.25, 0.3) is 0 Å². The highest BCUT2D eigenvalue weighted by molar-refractivity contribution is 5.37. The molecule has 1 aromatic carbocycles. The van der Waals surface area contributed by atoms with Gasteiger partial charge in [0.1, 0.15) is 17.7 Å². The summed E-state index contributed by atoms with van der Waals surface area (Å²) < 4.78 is 5.83. The smallest absolute Gasteiger partial charge is 0.123 e. The van der Waals surface area contributed by atoms with Gasteiger partial charge in [0.15, 0.2) is 0 Å². The highest BCUT2D eigenvalue weighted by Crippen LogP contribution is 2.27. The maximum absolute atomic E-state index is 5.83. The third-order valence-corrected chi connectivity index (χ3v) is 2.93. The fourth-order valence-corrected chi connectivity index (χ4v) is 2.11. The minimum atomic E-state index is 0.238. The highest BCUT2D eigenvalue weighted by Gasteiger charge is 2.21. The first-order chi connectivity index (χ1) is 8.42. The SMILES string of the molecule is c1ccc2c(c1)CC(CNCc1ncc[nH]1)O2. The van der Waals surface area contributed by atoms with Crippen molar-refractivity contribution in [3.63, 3.8) is 0 Å². The largest absolute Gasteiger partial charge is 0.488 e. The lowest BCUT2D eigenvalue weighted by atomic mass is 10.1. The second kappa shape index (κ2) is 4.59. The molecule has 17 heavy (non-hydrogen) atoms. The van der Waals surface area contributed by atoms with Crippen LogP contribution in [0, 0.1) is 0 Å². The average Bonchev–Trinajstić information content (AvgIpc) is 2.96. The molecule has 1 aliphatic heterocycles. The van der Waals surface area contributed by atoms with E-state index in [1.54, 1.807) is 6.20 Å². The fourth-order valence-electron chi connectivity index (χ4n) is 2.11. The lowest BCUT2D eigenvalue weighted by Crippen LogP contribution is -2.30. The van der Waals surface area contributed by atoms with Crippen molar-refractivity contribution in [1.29, 1.82) is 0 Å². The highest BCUT2D eigenvalue weighted by atomic mass is 16.5. The molecule has 2 heterocycles. The van der Waals surface area contributed by atoms with Crippen molar-refractivity contribution in [2.24, 2.45) is 0 Å². The van der Waals surface area contributed by atoms with Crippen LogP contribution in [0.4, 0.5) is 0 Å². The third kappa shape index (κ3) is 2.31. The summed E-state index contributed by atoms with van der Waals surface area (Å²) >= 11 is 0. The number of benzene rings is 1. The van der Waals surface area contributed by atoms with Crippen LogP contribution in [0.15, 0.2) is 36.7 Å². The zero-order valence-electron chi connectivity index (χ0n) is 9.52. The summed E-state index contributed by atoms with van der Waals surface area (Å²) in [5.41, 5.74) is 1.30. The molecule has 2 aromatic rings. The topological polar surface area (TPSA) is 49.9 Å². The number of hydrogen-bond donors (Lipinski definition) is 2. The minimum Gasteiger partial charge on any atom is -0.488 e. The van der Waals surface area contributed by atoms with E-state index in [4.69, 9.17) is 4.74 Å². The Hall–Kier alpha value is -1.81. The molecule has 0 spiro atoms. The monoisotopic (exact) mass is 229 g/mol. The molecule has 1 atom stereocenters. The van der Waals surface area contributed by atoms with Crippen molar-refractivity contribution in [2.75, 3.05) is 6.54 Å². The van der Waals surface area contributed by atoms with E-state index in [1.165, 1.54) is 5.56 Å². The summed E-state index contributed by atoms with van der Waals surface area (Å²) in [7, 11) is 0. The molecule has 1 aromatic heterocycles. The van der Waals surface area contributed by atoms with Gasteiger partial charge in [-0.15, -0.1) is 0 Å². The van der Waals surface area contributed by atoms with Crippen LogP contribution < -0.4 is 10.1 Å². The maximum atomic E-state index is 5.83. The average molecular weight is 229 g/mol. The van der Waals surface area contributed by atoms with E-state index in [9.17, 15) is 0 Å². The zero-order valence-corrected chi connectivity index (χ0v) is 9.52. The Morgan fingerprint density at radius 1 is 1.41 bits per heavy atom. The van der Waals surface area contributed by atoms with Gasteiger partial charge >= 0.3 is 0 Å². The Morgan fingerprint density at radius 2 is 2.35 bits per heavy atom. The number of hydrogen-bond acceptors (Lipinski definition) is 3.